The van der Waals surface area contributed by atoms with Crippen molar-refractivity contribution < 1.29 is 4.74 Å². The van der Waals surface area contributed by atoms with E-state index >= 15 is 0 Å². The Labute approximate surface area is 132 Å². The Bertz CT molecular complexity index is 742. The monoisotopic (exact) mass is 313 g/mol. The van der Waals surface area contributed by atoms with Crippen LogP contribution in [0.3, 0.4) is 0 Å². The molecule has 6 nitrogen and oxygen atoms in total. The molecule has 2 aromatic heterocycles. The Balaban J connectivity index is 1.76. The maximum Gasteiger partial charge on any atom is 0.210 e. The summed E-state index contributed by atoms with van der Waals surface area (Å²) in [5, 5.41) is 8.95. The van der Waals surface area contributed by atoms with E-state index in [0.717, 1.165) is 17.0 Å². The largest absolute Gasteiger partial charge is 0.497 e. The van der Waals surface area contributed by atoms with Crippen molar-refractivity contribution in [2.45, 2.75) is 10.9 Å². The molecule has 0 bridgehead atoms. The predicted octanol–water partition coefficient (Wildman–Crippen LogP) is 2.35. The van der Waals surface area contributed by atoms with Crippen molar-refractivity contribution >= 4 is 11.8 Å². The lowest BCUT2D eigenvalue weighted by Gasteiger charge is -2.04. The van der Waals surface area contributed by atoms with Gasteiger partial charge in [0.25, 0.3) is 0 Å². The number of nitrogens with zero attached hydrogens (tertiary/aromatic N) is 4. The molecule has 0 atom stereocenters. The Morgan fingerprint density at radius 2 is 1.95 bits per heavy atom. The number of nitrogens with two attached hydrogens (primary N) is 1. The Morgan fingerprint density at radius 3 is 2.64 bits per heavy atom. The van der Waals surface area contributed by atoms with Gasteiger partial charge in [0.2, 0.25) is 5.16 Å². The summed E-state index contributed by atoms with van der Waals surface area (Å²) in [5.74, 6) is 8.19. The maximum atomic E-state index is 6.09. The molecule has 0 aliphatic rings. The summed E-state index contributed by atoms with van der Waals surface area (Å²) in [4.78, 5) is 4.27. The van der Waals surface area contributed by atoms with E-state index in [9.17, 15) is 0 Å². The smallest absolute Gasteiger partial charge is 0.210 e. The number of rotatable bonds is 5. The molecular formula is C15H15N5OS. The summed E-state index contributed by atoms with van der Waals surface area (Å²) in [5.41, 5.74) is 1.86. The summed E-state index contributed by atoms with van der Waals surface area (Å²) < 4.78 is 6.64. The van der Waals surface area contributed by atoms with E-state index in [-0.39, 0.29) is 0 Å². The Morgan fingerprint density at radius 1 is 1.14 bits per heavy atom. The molecule has 22 heavy (non-hydrogen) atoms. The summed E-state index contributed by atoms with van der Waals surface area (Å²) in [6, 6.07) is 13.4. The van der Waals surface area contributed by atoms with Crippen molar-refractivity contribution in [1.82, 2.24) is 19.9 Å². The van der Waals surface area contributed by atoms with E-state index in [2.05, 4.69) is 15.2 Å². The molecule has 0 unspecified atom stereocenters. The first-order chi connectivity index (χ1) is 10.8. The second-order valence-electron chi connectivity index (χ2n) is 4.51. The first-order valence-electron chi connectivity index (χ1n) is 6.65. The van der Waals surface area contributed by atoms with Crippen LogP contribution in [0.2, 0.25) is 0 Å². The van der Waals surface area contributed by atoms with Crippen molar-refractivity contribution in [2.24, 2.45) is 0 Å². The summed E-state index contributed by atoms with van der Waals surface area (Å²) in [6.45, 7) is 0. The number of methoxy groups -OCH3 is 1. The molecule has 0 amide bonds. The highest BCUT2D eigenvalue weighted by atomic mass is 32.2. The van der Waals surface area contributed by atoms with Crippen LogP contribution < -0.4 is 10.6 Å². The molecule has 2 heterocycles. The van der Waals surface area contributed by atoms with Gasteiger partial charge in [0.05, 0.1) is 12.8 Å². The lowest BCUT2D eigenvalue weighted by Crippen LogP contribution is -2.11. The minimum atomic E-state index is 0.617. The van der Waals surface area contributed by atoms with Crippen LogP contribution in [0.5, 0.6) is 5.75 Å². The third-order valence-electron chi connectivity index (χ3n) is 3.09. The highest BCUT2D eigenvalue weighted by Gasteiger charge is 2.12. The zero-order valence-corrected chi connectivity index (χ0v) is 12.8. The zero-order chi connectivity index (χ0) is 15.4. The van der Waals surface area contributed by atoms with Crippen LogP contribution in [0.15, 0.2) is 53.8 Å². The standard InChI is InChI=1S/C15H15N5OS/c1-21-13-7-5-11(6-8-13)14-18-19-15(20(14)16)22-10-12-4-2-3-9-17-12/h2-9H,10,16H2,1H3. The number of hydrogen-bond donors (Lipinski definition) is 1. The molecule has 2 N–H and O–H groups in total. The molecule has 0 saturated carbocycles. The van der Waals surface area contributed by atoms with E-state index in [1.54, 1.807) is 13.3 Å². The number of aromatic nitrogens is 4. The minimum absolute atomic E-state index is 0.617. The van der Waals surface area contributed by atoms with E-state index in [0.29, 0.717) is 16.7 Å². The molecule has 1 aromatic carbocycles. The topological polar surface area (TPSA) is 78.9 Å². The van der Waals surface area contributed by atoms with Gasteiger partial charge in [-0.25, -0.2) is 4.68 Å². The SMILES string of the molecule is COc1ccc(-c2nnc(SCc3ccccn3)n2N)cc1. The highest BCUT2D eigenvalue weighted by molar-refractivity contribution is 7.98. The molecule has 0 aliphatic carbocycles. The number of pyridine rings is 1. The molecule has 0 radical (unpaired) electrons. The van der Waals surface area contributed by atoms with Gasteiger partial charge in [-0.05, 0) is 36.4 Å². The molecule has 0 spiro atoms. The molecule has 7 heteroatoms. The Hall–Kier alpha value is -2.54. The number of ether oxygens (including phenoxy) is 1. The van der Waals surface area contributed by atoms with Crippen LogP contribution in [-0.4, -0.2) is 27.0 Å². The van der Waals surface area contributed by atoms with Gasteiger partial charge in [-0.2, -0.15) is 0 Å². The van der Waals surface area contributed by atoms with Gasteiger partial charge in [0.1, 0.15) is 5.75 Å². The molecule has 112 valence electrons. The van der Waals surface area contributed by atoms with Crippen molar-refractivity contribution in [3.63, 3.8) is 0 Å². The predicted molar refractivity (Wildman–Crippen MR) is 86.0 cm³/mol. The number of hydrogen-bond acceptors (Lipinski definition) is 6. The third-order valence-corrected chi connectivity index (χ3v) is 4.06. The minimum Gasteiger partial charge on any atom is -0.497 e. The fraction of sp³-hybridized carbons (Fsp3) is 0.133. The summed E-state index contributed by atoms with van der Waals surface area (Å²) in [6.07, 6.45) is 1.77. The van der Waals surface area contributed by atoms with Crippen molar-refractivity contribution in [3.05, 3.63) is 54.4 Å². The van der Waals surface area contributed by atoms with E-state index in [1.165, 1.54) is 16.4 Å². The third kappa shape index (κ3) is 3.04. The van der Waals surface area contributed by atoms with Crippen LogP contribution in [0.4, 0.5) is 0 Å². The normalized spacial score (nSPS) is 10.6. The number of benzene rings is 1. The van der Waals surface area contributed by atoms with Crippen molar-refractivity contribution in [2.75, 3.05) is 13.0 Å². The average Bonchev–Trinajstić information content (AvgIpc) is 2.95. The lowest BCUT2D eigenvalue weighted by atomic mass is 10.2. The fourth-order valence-electron chi connectivity index (χ4n) is 1.93. The van der Waals surface area contributed by atoms with Crippen molar-refractivity contribution in [1.29, 1.82) is 0 Å². The van der Waals surface area contributed by atoms with Gasteiger partial charge < -0.3 is 10.6 Å². The van der Waals surface area contributed by atoms with Gasteiger partial charge in [-0.1, -0.05) is 17.8 Å². The summed E-state index contributed by atoms with van der Waals surface area (Å²) >= 11 is 1.50. The van der Waals surface area contributed by atoms with Gasteiger partial charge in [-0.15, -0.1) is 10.2 Å². The second kappa shape index (κ2) is 6.48. The number of thioether (sulfide) groups is 1. The van der Waals surface area contributed by atoms with Gasteiger partial charge >= 0.3 is 0 Å². The van der Waals surface area contributed by atoms with E-state index in [4.69, 9.17) is 10.6 Å². The first-order valence-corrected chi connectivity index (χ1v) is 7.64. The van der Waals surface area contributed by atoms with Crippen LogP contribution in [0, 0.1) is 0 Å². The molecule has 3 aromatic rings. The summed E-state index contributed by atoms with van der Waals surface area (Å²) in [7, 11) is 1.63. The van der Waals surface area contributed by atoms with Gasteiger partial charge in [0, 0.05) is 17.5 Å². The zero-order valence-electron chi connectivity index (χ0n) is 12.0. The first kappa shape index (κ1) is 14.4. The Kier molecular flexibility index (Phi) is 4.24. The maximum absolute atomic E-state index is 6.09. The van der Waals surface area contributed by atoms with Gasteiger partial charge in [0.15, 0.2) is 5.82 Å². The van der Waals surface area contributed by atoms with Crippen LogP contribution in [-0.2, 0) is 5.75 Å². The lowest BCUT2D eigenvalue weighted by molar-refractivity contribution is 0.415. The van der Waals surface area contributed by atoms with Crippen LogP contribution in [0.1, 0.15) is 5.69 Å². The molecule has 0 saturated heterocycles. The highest BCUT2D eigenvalue weighted by Crippen LogP contribution is 2.25. The van der Waals surface area contributed by atoms with E-state index in [1.807, 2.05) is 42.5 Å². The molecular weight excluding hydrogens is 298 g/mol. The quantitative estimate of drug-likeness (QED) is 0.575. The second-order valence-corrected chi connectivity index (χ2v) is 5.46. The average molecular weight is 313 g/mol. The fourth-order valence-corrected chi connectivity index (χ4v) is 2.71. The van der Waals surface area contributed by atoms with Crippen LogP contribution >= 0.6 is 11.8 Å². The van der Waals surface area contributed by atoms with E-state index < -0.39 is 0 Å². The van der Waals surface area contributed by atoms with Crippen LogP contribution in [0.25, 0.3) is 11.4 Å². The molecule has 0 aliphatic heterocycles. The van der Waals surface area contributed by atoms with Crippen molar-refractivity contribution in [3.8, 4) is 17.1 Å². The van der Waals surface area contributed by atoms with Gasteiger partial charge in [-0.3, -0.25) is 4.98 Å². The molecule has 3 rings (SSSR count). The number of nitrogen functional groups attached to an aromatic ring is 1. The molecule has 0 fully saturated rings.